The number of unbranched alkanes of at least 4 members (excludes halogenated alkanes) is 14. The van der Waals surface area contributed by atoms with Gasteiger partial charge in [0.25, 0.3) is 0 Å². The van der Waals surface area contributed by atoms with Gasteiger partial charge >= 0.3 is 7.60 Å². The second-order valence-corrected chi connectivity index (χ2v) is 9.91. The topological polar surface area (TPSA) is 35.5 Å². The molecule has 0 aromatic rings. The van der Waals surface area contributed by atoms with E-state index in [4.69, 9.17) is 9.05 Å². The van der Waals surface area contributed by atoms with Crippen molar-refractivity contribution in [2.45, 2.75) is 124 Å². The number of rotatable bonds is 21. The van der Waals surface area contributed by atoms with Gasteiger partial charge in [-0.25, -0.2) is 0 Å². The van der Waals surface area contributed by atoms with Crippen LogP contribution in [0.4, 0.5) is 0 Å². The normalized spacial score (nSPS) is 12.0. The van der Waals surface area contributed by atoms with Crippen LogP contribution in [-0.4, -0.2) is 19.4 Å². The van der Waals surface area contributed by atoms with Gasteiger partial charge in [-0.2, -0.15) is 0 Å². The van der Waals surface area contributed by atoms with Crippen molar-refractivity contribution in [2.24, 2.45) is 0 Å². The summed E-state index contributed by atoms with van der Waals surface area (Å²) in [5.41, 5.74) is 0. The van der Waals surface area contributed by atoms with Crippen LogP contribution in [-0.2, 0) is 13.6 Å². The molecule has 0 aliphatic heterocycles. The third-order valence-electron chi connectivity index (χ3n) is 4.96. The second kappa shape index (κ2) is 19.9. The van der Waals surface area contributed by atoms with Crippen molar-refractivity contribution in [3.05, 3.63) is 0 Å². The van der Waals surface area contributed by atoms with Crippen molar-refractivity contribution in [1.29, 1.82) is 0 Å². The summed E-state index contributed by atoms with van der Waals surface area (Å²) in [6.07, 6.45) is 20.8. The van der Waals surface area contributed by atoms with Crippen LogP contribution in [0.25, 0.3) is 0 Å². The van der Waals surface area contributed by atoms with Crippen LogP contribution in [0.1, 0.15) is 124 Å². The van der Waals surface area contributed by atoms with Crippen LogP contribution >= 0.6 is 7.60 Å². The third-order valence-corrected chi connectivity index (χ3v) is 6.89. The zero-order chi connectivity index (χ0) is 19.3. The van der Waals surface area contributed by atoms with Gasteiger partial charge in [0.05, 0.1) is 13.2 Å². The Morgan fingerprint density at radius 3 is 1.12 bits per heavy atom. The van der Waals surface area contributed by atoms with Crippen molar-refractivity contribution in [2.75, 3.05) is 19.4 Å². The van der Waals surface area contributed by atoms with Gasteiger partial charge in [-0.05, 0) is 12.8 Å². The van der Waals surface area contributed by atoms with Crippen LogP contribution in [0.2, 0.25) is 0 Å². The molecule has 0 aliphatic carbocycles. The van der Waals surface area contributed by atoms with E-state index in [9.17, 15) is 4.57 Å². The van der Waals surface area contributed by atoms with Gasteiger partial charge in [-0.3, -0.25) is 4.57 Å². The fraction of sp³-hybridized carbons (Fsp3) is 1.00. The van der Waals surface area contributed by atoms with E-state index in [-0.39, 0.29) is 0 Å². The number of hydrogen-bond acceptors (Lipinski definition) is 3. The molecule has 0 atom stereocenters. The molecule has 0 rings (SSSR count). The second-order valence-electron chi connectivity index (χ2n) is 7.54. The fourth-order valence-electron chi connectivity index (χ4n) is 3.10. The smallest absolute Gasteiger partial charge is 0.309 e. The molecule has 0 aromatic heterocycles. The van der Waals surface area contributed by atoms with Gasteiger partial charge in [0.1, 0.15) is 0 Å². The SMILES string of the molecule is CCCCCCCCCCOP(=O)(CC)OCCCCCCCCCC. The zero-order valence-corrected chi connectivity index (χ0v) is 19.0. The molecule has 0 amide bonds. The fourth-order valence-corrected chi connectivity index (χ4v) is 4.35. The minimum Gasteiger partial charge on any atom is -0.309 e. The van der Waals surface area contributed by atoms with Gasteiger partial charge in [0.2, 0.25) is 0 Å². The summed E-state index contributed by atoms with van der Waals surface area (Å²) in [7, 11) is -2.84. The predicted octanol–water partition coefficient (Wildman–Crippen LogP) is 8.51. The molecule has 0 bridgehead atoms. The lowest BCUT2D eigenvalue weighted by Crippen LogP contribution is -2.01. The maximum Gasteiger partial charge on any atom is 0.330 e. The van der Waals surface area contributed by atoms with Gasteiger partial charge in [-0.1, -0.05) is 111 Å². The first-order valence-corrected chi connectivity index (χ1v) is 13.3. The molecule has 0 aliphatic rings. The maximum absolute atomic E-state index is 12.6. The summed E-state index contributed by atoms with van der Waals surface area (Å²) in [5.74, 6) is 0. The Morgan fingerprint density at radius 2 is 0.808 bits per heavy atom. The van der Waals surface area contributed by atoms with E-state index in [1.54, 1.807) is 0 Å². The Balaban J connectivity index is 3.51. The molecule has 158 valence electrons. The van der Waals surface area contributed by atoms with E-state index in [1.165, 1.54) is 89.9 Å². The van der Waals surface area contributed by atoms with E-state index in [0.29, 0.717) is 19.4 Å². The Labute approximate surface area is 164 Å². The standard InChI is InChI=1S/C22H47O3P/c1-4-7-9-11-13-15-17-19-21-24-26(23,6-3)25-22-20-18-16-14-12-10-8-5-2/h4-22H2,1-3H3. The van der Waals surface area contributed by atoms with Crippen molar-refractivity contribution in [3.8, 4) is 0 Å². The zero-order valence-electron chi connectivity index (χ0n) is 18.1. The lowest BCUT2D eigenvalue weighted by molar-refractivity contribution is 0.198. The van der Waals surface area contributed by atoms with Gasteiger partial charge < -0.3 is 9.05 Å². The predicted molar refractivity (Wildman–Crippen MR) is 115 cm³/mol. The first-order valence-electron chi connectivity index (χ1n) is 11.6. The van der Waals surface area contributed by atoms with Crippen LogP contribution in [0, 0.1) is 0 Å². The highest BCUT2D eigenvalue weighted by Crippen LogP contribution is 2.47. The van der Waals surface area contributed by atoms with Crippen LogP contribution in [0.15, 0.2) is 0 Å². The van der Waals surface area contributed by atoms with Crippen LogP contribution in [0.3, 0.4) is 0 Å². The van der Waals surface area contributed by atoms with Crippen molar-refractivity contribution >= 4 is 7.60 Å². The molecule has 0 radical (unpaired) electrons. The molecule has 0 aromatic carbocycles. The first-order chi connectivity index (χ1) is 12.7. The average Bonchev–Trinajstić information content (AvgIpc) is 2.65. The van der Waals surface area contributed by atoms with Crippen LogP contribution < -0.4 is 0 Å². The number of hydrogen-bond donors (Lipinski definition) is 0. The van der Waals surface area contributed by atoms with Crippen LogP contribution in [0.5, 0.6) is 0 Å². The van der Waals surface area contributed by atoms with Crippen molar-refractivity contribution < 1.29 is 13.6 Å². The van der Waals surface area contributed by atoms with Crippen molar-refractivity contribution in [3.63, 3.8) is 0 Å². The highest BCUT2D eigenvalue weighted by molar-refractivity contribution is 7.53. The molecule has 26 heavy (non-hydrogen) atoms. The lowest BCUT2D eigenvalue weighted by Gasteiger charge is -2.17. The molecule has 0 heterocycles. The minimum absolute atomic E-state index is 0.487. The Bertz CT molecular complexity index is 295. The molecule has 0 saturated carbocycles. The molecule has 0 saturated heterocycles. The minimum atomic E-state index is -2.84. The van der Waals surface area contributed by atoms with Crippen molar-refractivity contribution in [1.82, 2.24) is 0 Å². The summed E-state index contributed by atoms with van der Waals surface area (Å²) in [4.78, 5) is 0. The highest BCUT2D eigenvalue weighted by atomic mass is 31.2. The Kier molecular flexibility index (Phi) is 20.0. The van der Waals surface area contributed by atoms with E-state index in [1.807, 2.05) is 6.92 Å². The molecule has 0 unspecified atom stereocenters. The van der Waals surface area contributed by atoms with Gasteiger partial charge in [0, 0.05) is 6.16 Å². The average molecular weight is 391 g/mol. The van der Waals surface area contributed by atoms with Gasteiger partial charge in [0.15, 0.2) is 0 Å². The molecule has 0 fully saturated rings. The molecular formula is C22H47O3P. The van der Waals surface area contributed by atoms with E-state index < -0.39 is 7.60 Å². The summed E-state index contributed by atoms with van der Waals surface area (Å²) in [6, 6.07) is 0. The van der Waals surface area contributed by atoms with E-state index in [0.717, 1.165) is 12.8 Å². The lowest BCUT2D eigenvalue weighted by atomic mass is 10.1. The summed E-state index contributed by atoms with van der Waals surface area (Å²) in [5, 5.41) is 0. The monoisotopic (exact) mass is 390 g/mol. The first kappa shape index (κ1) is 26.1. The molecule has 0 N–H and O–H groups in total. The Hall–Kier alpha value is 0.150. The Morgan fingerprint density at radius 1 is 0.500 bits per heavy atom. The molecule has 3 nitrogen and oxygen atoms in total. The third kappa shape index (κ3) is 17.6. The molecule has 0 spiro atoms. The maximum atomic E-state index is 12.6. The largest absolute Gasteiger partial charge is 0.330 e. The summed E-state index contributed by atoms with van der Waals surface area (Å²) in [6.45, 7) is 7.57. The van der Waals surface area contributed by atoms with E-state index >= 15 is 0 Å². The van der Waals surface area contributed by atoms with E-state index in [2.05, 4.69) is 13.8 Å². The molecular weight excluding hydrogens is 343 g/mol. The highest BCUT2D eigenvalue weighted by Gasteiger charge is 2.21. The molecule has 4 heteroatoms. The van der Waals surface area contributed by atoms with Gasteiger partial charge in [-0.15, -0.1) is 0 Å². The quantitative estimate of drug-likeness (QED) is 0.145. The summed E-state index contributed by atoms with van der Waals surface area (Å²) >= 11 is 0. The summed E-state index contributed by atoms with van der Waals surface area (Å²) < 4.78 is 23.8.